The molecule has 2 aromatic carbocycles. The van der Waals surface area contributed by atoms with E-state index in [0.717, 1.165) is 6.07 Å². The van der Waals surface area contributed by atoms with Crippen molar-refractivity contribution in [3.05, 3.63) is 63.7 Å². The largest absolute Gasteiger partial charge is 0.496 e. The number of primary amides is 1. The first-order chi connectivity index (χ1) is 10.9. The number of hydrogen-bond acceptors (Lipinski definition) is 5. The van der Waals surface area contributed by atoms with Gasteiger partial charge in [0.25, 0.3) is 11.6 Å². The van der Waals surface area contributed by atoms with Crippen molar-refractivity contribution >= 4 is 23.2 Å². The van der Waals surface area contributed by atoms with Gasteiger partial charge in [0.05, 0.1) is 17.6 Å². The predicted octanol–water partition coefficient (Wildman–Crippen LogP) is 1.95. The molecule has 2 aromatic rings. The molecule has 0 fully saturated rings. The van der Waals surface area contributed by atoms with Crippen molar-refractivity contribution < 1.29 is 19.2 Å². The number of carbonyl (C=O) groups is 2. The van der Waals surface area contributed by atoms with Crippen LogP contribution in [0.15, 0.2) is 42.5 Å². The Bertz CT molecular complexity index is 771. The summed E-state index contributed by atoms with van der Waals surface area (Å²) in [6.07, 6.45) is 0. The highest BCUT2D eigenvalue weighted by molar-refractivity contribution is 6.06. The van der Waals surface area contributed by atoms with Gasteiger partial charge >= 0.3 is 0 Å². The number of non-ortho nitro benzene ring substituents is 1. The zero-order valence-corrected chi connectivity index (χ0v) is 12.1. The summed E-state index contributed by atoms with van der Waals surface area (Å²) in [4.78, 5) is 33.5. The fourth-order valence-corrected chi connectivity index (χ4v) is 1.90. The molecule has 0 heterocycles. The number of rotatable bonds is 5. The number of nitrogens with zero attached hydrogens (tertiary/aromatic N) is 1. The van der Waals surface area contributed by atoms with Crippen molar-refractivity contribution in [2.24, 2.45) is 5.73 Å². The molecule has 2 amide bonds. The average molecular weight is 315 g/mol. The van der Waals surface area contributed by atoms with Crippen LogP contribution in [0.4, 0.5) is 11.4 Å². The summed E-state index contributed by atoms with van der Waals surface area (Å²) in [6, 6.07) is 9.65. The molecular weight excluding hydrogens is 302 g/mol. The van der Waals surface area contributed by atoms with Crippen LogP contribution in [0.25, 0.3) is 0 Å². The molecule has 0 aliphatic heterocycles. The van der Waals surface area contributed by atoms with Crippen LogP contribution in [0.2, 0.25) is 0 Å². The van der Waals surface area contributed by atoms with Crippen molar-refractivity contribution in [3.63, 3.8) is 0 Å². The molecule has 0 bridgehead atoms. The topological polar surface area (TPSA) is 125 Å². The van der Waals surface area contributed by atoms with Gasteiger partial charge in [-0.05, 0) is 30.3 Å². The van der Waals surface area contributed by atoms with Crippen LogP contribution in [0.3, 0.4) is 0 Å². The number of amides is 2. The minimum Gasteiger partial charge on any atom is -0.496 e. The van der Waals surface area contributed by atoms with Gasteiger partial charge in [-0.2, -0.15) is 0 Å². The lowest BCUT2D eigenvalue weighted by Crippen LogP contribution is -2.14. The number of carbonyl (C=O) groups excluding carboxylic acids is 2. The molecule has 2 rings (SSSR count). The molecule has 0 saturated carbocycles. The van der Waals surface area contributed by atoms with E-state index in [1.165, 1.54) is 43.5 Å². The van der Waals surface area contributed by atoms with Crippen LogP contribution < -0.4 is 15.8 Å². The second-order valence-corrected chi connectivity index (χ2v) is 4.54. The van der Waals surface area contributed by atoms with Crippen molar-refractivity contribution in [1.29, 1.82) is 0 Å². The van der Waals surface area contributed by atoms with Crippen LogP contribution >= 0.6 is 0 Å². The van der Waals surface area contributed by atoms with Gasteiger partial charge in [0.15, 0.2) is 0 Å². The monoisotopic (exact) mass is 315 g/mol. The van der Waals surface area contributed by atoms with E-state index in [0.29, 0.717) is 11.3 Å². The summed E-state index contributed by atoms with van der Waals surface area (Å²) in [5.74, 6) is -0.942. The maximum Gasteiger partial charge on any atom is 0.270 e. The lowest BCUT2D eigenvalue weighted by molar-refractivity contribution is -0.384. The van der Waals surface area contributed by atoms with Gasteiger partial charge in [-0.25, -0.2) is 0 Å². The highest BCUT2D eigenvalue weighted by atomic mass is 16.6. The van der Waals surface area contributed by atoms with E-state index in [4.69, 9.17) is 10.5 Å². The smallest absolute Gasteiger partial charge is 0.270 e. The second kappa shape index (κ2) is 6.56. The number of benzene rings is 2. The molecule has 8 heteroatoms. The first-order valence-electron chi connectivity index (χ1n) is 6.46. The minimum atomic E-state index is -0.599. The van der Waals surface area contributed by atoms with Crippen LogP contribution in [0.5, 0.6) is 5.75 Å². The quantitative estimate of drug-likeness (QED) is 0.644. The number of nitrogens with two attached hydrogens (primary N) is 1. The number of nitro benzene ring substituents is 1. The zero-order chi connectivity index (χ0) is 17.0. The number of ether oxygens (including phenoxy) is 1. The van der Waals surface area contributed by atoms with E-state index in [9.17, 15) is 19.7 Å². The number of nitro groups is 1. The molecule has 0 aromatic heterocycles. The Morgan fingerprint density at radius 2 is 1.83 bits per heavy atom. The third-order valence-electron chi connectivity index (χ3n) is 3.07. The van der Waals surface area contributed by atoms with Gasteiger partial charge in [0.1, 0.15) is 5.75 Å². The van der Waals surface area contributed by atoms with E-state index in [-0.39, 0.29) is 17.0 Å². The van der Waals surface area contributed by atoms with Crippen LogP contribution in [-0.4, -0.2) is 23.8 Å². The summed E-state index contributed by atoms with van der Waals surface area (Å²) in [7, 11) is 1.36. The molecule has 0 unspecified atom stereocenters. The normalized spacial score (nSPS) is 9.96. The minimum absolute atomic E-state index is 0.0284. The molecule has 0 aliphatic rings. The van der Waals surface area contributed by atoms with Gasteiger partial charge in [-0.1, -0.05) is 0 Å². The molecule has 0 spiro atoms. The Kier molecular flexibility index (Phi) is 4.55. The van der Waals surface area contributed by atoms with Gasteiger partial charge in [-0.3, -0.25) is 19.7 Å². The summed E-state index contributed by atoms with van der Waals surface area (Å²) in [5, 5.41) is 13.4. The first kappa shape index (κ1) is 16.0. The van der Waals surface area contributed by atoms with Crippen molar-refractivity contribution in [2.45, 2.75) is 0 Å². The molecule has 0 radical (unpaired) electrons. The molecule has 0 saturated heterocycles. The Hall–Kier alpha value is -3.42. The van der Waals surface area contributed by atoms with Gasteiger partial charge in [0, 0.05) is 23.4 Å². The molecule has 0 aliphatic carbocycles. The Morgan fingerprint density at radius 3 is 2.35 bits per heavy atom. The Balaban J connectivity index is 2.27. The van der Waals surface area contributed by atoms with Crippen molar-refractivity contribution in [1.82, 2.24) is 0 Å². The fourth-order valence-electron chi connectivity index (χ4n) is 1.90. The lowest BCUT2D eigenvalue weighted by atomic mass is 10.1. The van der Waals surface area contributed by atoms with E-state index < -0.39 is 16.7 Å². The predicted molar refractivity (Wildman–Crippen MR) is 82.6 cm³/mol. The number of anilines is 1. The molecule has 8 nitrogen and oxygen atoms in total. The summed E-state index contributed by atoms with van der Waals surface area (Å²) >= 11 is 0. The molecule has 3 N–H and O–H groups in total. The average Bonchev–Trinajstić information content (AvgIpc) is 2.54. The third kappa shape index (κ3) is 3.62. The maximum atomic E-state index is 12.3. The van der Waals surface area contributed by atoms with E-state index >= 15 is 0 Å². The third-order valence-corrected chi connectivity index (χ3v) is 3.07. The van der Waals surface area contributed by atoms with Crippen LogP contribution in [0.1, 0.15) is 20.7 Å². The SMILES string of the molecule is COc1ccc([N+](=O)[O-])cc1C(=O)Nc1ccc(C(N)=O)cc1. The van der Waals surface area contributed by atoms with Gasteiger partial charge in [0.2, 0.25) is 5.91 Å². The lowest BCUT2D eigenvalue weighted by Gasteiger charge is -2.09. The van der Waals surface area contributed by atoms with E-state index in [1.807, 2.05) is 0 Å². The molecule has 23 heavy (non-hydrogen) atoms. The fraction of sp³-hybridized carbons (Fsp3) is 0.0667. The summed E-state index contributed by atoms with van der Waals surface area (Å²) in [5.41, 5.74) is 5.65. The van der Waals surface area contributed by atoms with Crippen molar-refractivity contribution in [3.8, 4) is 5.75 Å². The standard InChI is InChI=1S/C15H13N3O5/c1-23-13-7-6-11(18(21)22)8-12(13)15(20)17-10-4-2-9(3-5-10)14(16)19/h2-8H,1H3,(H2,16,19)(H,17,20). The maximum absolute atomic E-state index is 12.3. The number of hydrogen-bond donors (Lipinski definition) is 2. The highest BCUT2D eigenvalue weighted by Crippen LogP contribution is 2.25. The van der Waals surface area contributed by atoms with Crippen molar-refractivity contribution in [2.75, 3.05) is 12.4 Å². The molecule has 118 valence electrons. The van der Waals surface area contributed by atoms with E-state index in [1.54, 1.807) is 0 Å². The first-order valence-corrected chi connectivity index (χ1v) is 6.46. The van der Waals surface area contributed by atoms with Gasteiger partial charge in [-0.15, -0.1) is 0 Å². The van der Waals surface area contributed by atoms with Crippen LogP contribution in [0, 0.1) is 10.1 Å². The van der Waals surface area contributed by atoms with Gasteiger partial charge < -0.3 is 15.8 Å². The summed E-state index contributed by atoms with van der Waals surface area (Å²) in [6.45, 7) is 0. The zero-order valence-electron chi connectivity index (χ0n) is 12.1. The Morgan fingerprint density at radius 1 is 1.17 bits per heavy atom. The highest BCUT2D eigenvalue weighted by Gasteiger charge is 2.17. The molecular formula is C15H13N3O5. The number of methoxy groups -OCH3 is 1. The number of nitrogens with one attached hydrogen (secondary N) is 1. The second-order valence-electron chi connectivity index (χ2n) is 4.54. The van der Waals surface area contributed by atoms with E-state index in [2.05, 4.69) is 5.32 Å². The van der Waals surface area contributed by atoms with Crippen LogP contribution in [-0.2, 0) is 0 Å². The molecule has 0 atom stereocenters. The Labute approximate surface area is 131 Å². The summed E-state index contributed by atoms with van der Waals surface area (Å²) < 4.78 is 5.04.